The first-order valence-electron chi connectivity index (χ1n) is 12.4. The molecule has 1 aliphatic heterocycles. The molecule has 0 unspecified atom stereocenters. The number of likely N-dealkylation sites (N-methyl/N-ethyl adjacent to an activating group) is 1. The van der Waals surface area contributed by atoms with Crippen LogP contribution in [0.2, 0.25) is 0 Å². The number of rotatable bonds is 8. The van der Waals surface area contributed by atoms with Gasteiger partial charge in [0.25, 0.3) is 0 Å². The van der Waals surface area contributed by atoms with E-state index in [1.54, 1.807) is 11.9 Å². The van der Waals surface area contributed by atoms with Gasteiger partial charge in [-0.05, 0) is 71.3 Å². The number of nitrogens with zero attached hydrogens (tertiary/aromatic N) is 1. The number of anilines is 1. The normalized spacial score (nSPS) is 15.1. The molecule has 36 heavy (non-hydrogen) atoms. The molecule has 0 saturated heterocycles. The smallest absolute Gasteiger partial charge is 0.248 e. The van der Waals surface area contributed by atoms with Crippen LogP contribution in [0.5, 0.6) is 5.75 Å². The van der Waals surface area contributed by atoms with Gasteiger partial charge in [0.1, 0.15) is 12.4 Å². The number of benzene rings is 3. The Labute approximate surface area is 212 Å². The summed E-state index contributed by atoms with van der Waals surface area (Å²) < 4.78 is 10.6. The Morgan fingerprint density at radius 2 is 1.83 bits per heavy atom. The molecule has 1 fully saturated rings. The van der Waals surface area contributed by atoms with Crippen molar-refractivity contribution in [3.8, 4) is 16.9 Å². The lowest BCUT2D eigenvalue weighted by atomic mass is 9.92. The molecule has 1 heterocycles. The molecule has 3 aromatic rings. The van der Waals surface area contributed by atoms with Gasteiger partial charge in [0.2, 0.25) is 11.8 Å². The number of nitrogens with one attached hydrogen (secondary N) is 1. The summed E-state index contributed by atoms with van der Waals surface area (Å²) in [6.45, 7) is 3.39. The highest BCUT2D eigenvalue weighted by Crippen LogP contribution is 2.50. The molecule has 1 saturated carbocycles. The van der Waals surface area contributed by atoms with Crippen molar-refractivity contribution in [3.63, 3.8) is 0 Å². The fourth-order valence-corrected chi connectivity index (χ4v) is 4.90. The van der Waals surface area contributed by atoms with Gasteiger partial charge in [-0.1, -0.05) is 42.5 Å². The van der Waals surface area contributed by atoms with E-state index in [0.717, 1.165) is 58.5 Å². The van der Waals surface area contributed by atoms with Crippen molar-refractivity contribution in [2.45, 2.75) is 38.1 Å². The van der Waals surface area contributed by atoms with E-state index in [1.807, 2.05) is 42.5 Å². The summed E-state index contributed by atoms with van der Waals surface area (Å²) in [6, 6.07) is 20.4. The van der Waals surface area contributed by atoms with E-state index < -0.39 is 5.41 Å². The predicted octanol–water partition coefficient (Wildman–Crippen LogP) is 4.87. The van der Waals surface area contributed by atoms with Crippen molar-refractivity contribution >= 4 is 17.5 Å². The number of hydrogen-bond donors (Lipinski definition) is 1. The highest BCUT2D eigenvalue weighted by atomic mass is 16.5. The van der Waals surface area contributed by atoms with Gasteiger partial charge < -0.3 is 19.7 Å². The standard InChI is InChI=1S/C30H32N2O4/c1-20-4-10-25(17-26(20)22-7-5-21(6-8-22)18-32(2)28(33)19-35-3)31-29(34)30(13-14-30)24-9-11-27-23(16-24)12-15-36-27/h4-11,16-17H,12-15,18-19H2,1-3H3,(H,31,34). The molecule has 0 atom stereocenters. The van der Waals surface area contributed by atoms with Crippen LogP contribution in [-0.4, -0.2) is 44.1 Å². The largest absolute Gasteiger partial charge is 0.493 e. The summed E-state index contributed by atoms with van der Waals surface area (Å²) in [5.74, 6) is 0.940. The minimum Gasteiger partial charge on any atom is -0.493 e. The lowest BCUT2D eigenvalue weighted by Crippen LogP contribution is -2.29. The molecule has 6 heteroatoms. The van der Waals surface area contributed by atoms with Crippen molar-refractivity contribution in [3.05, 3.63) is 82.9 Å². The molecule has 2 amide bonds. The quantitative estimate of drug-likeness (QED) is 0.495. The van der Waals surface area contributed by atoms with Crippen LogP contribution >= 0.6 is 0 Å². The molecule has 0 radical (unpaired) electrons. The summed E-state index contributed by atoms with van der Waals surface area (Å²) in [5, 5.41) is 3.18. The molecule has 1 aliphatic carbocycles. The zero-order chi connectivity index (χ0) is 25.3. The van der Waals surface area contributed by atoms with Crippen LogP contribution in [-0.2, 0) is 32.7 Å². The second-order valence-corrected chi connectivity index (χ2v) is 9.87. The van der Waals surface area contributed by atoms with E-state index in [-0.39, 0.29) is 18.4 Å². The van der Waals surface area contributed by atoms with Crippen molar-refractivity contribution < 1.29 is 19.1 Å². The molecule has 2 aliphatic rings. The molecule has 1 N–H and O–H groups in total. The Kier molecular flexibility index (Phi) is 6.54. The molecular formula is C30H32N2O4. The van der Waals surface area contributed by atoms with E-state index in [0.29, 0.717) is 13.2 Å². The van der Waals surface area contributed by atoms with Crippen LogP contribution in [0.3, 0.4) is 0 Å². The van der Waals surface area contributed by atoms with Crippen LogP contribution in [0.1, 0.15) is 35.1 Å². The molecule has 0 aromatic heterocycles. The first kappa shape index (κ1) is 24.1. The van der Waals surface area contributed by atoms with E-state index in [1.165, 1.54) is 12.7 Å². The van der Waals surface area contributed by atoms with Crippen LogP contribution in [0.4, 0.5) is 5.69 Å². The lowest BCUT2D eigenvalue weighted by molar-refractivity contribution is -0.134. The van der Waals surface area contributed by atoms with Gasteiger partial charge in [-0.3, -0.25) is 9.59 Å². The average molecular weight is 485 g/mol. The van der Waals surface area contributed by atoms with E-state index in [9.17, 15) is 9.59 Å². The zero-order valence-corrected chi connectivity index (χ0v) is 21.1. The third-order valence-electron chi connectivity index (χ3n) is 7.30. The van der Waals surface area contributed by atoms with Gasteiger partial charge in [-0.25, -0.2) is 0 Å². The number of methoxy groups -OCH3 is 1. The van der Waals surface area contributed by atoms with Crippen LogP contribution in [0.25, 0.3) is 11.1 Å². The maximum absolute atomic E-state index is 13.4. The number of hydrogen-bond acceptors (Lipinski definition) is 4. The Bertz CT molecular complexity index is 1290. The van der Waals surface area contributed by atoms with Crippen LogP contribution in [0, 0.1) is 6.92 Å². The molecule has 186 valence electrons. The maximum atomic E-state index is 13.4. The van der Waals surface area contributed by atoms with Gasteiger partial charge in [0, 0.05) is 32.8 Å². The van der Waals surface area contributed by atoms with Crippen LogP contribution < -0.4 is 10.1 Å². The zero-order valence-electron chi connectivity index (χ0n) is 21.1. The molecule has 6 nitrogen and oxygen atoms in total. The van der Waals surface area contributed by atoms with Crippen LogP contribution in [0.15, 0.2) is 60.7 Å². The molecular weight excluding hydrogens is 452 g/mol. The van der Waals surface area contributed by atoms with Crippen molar-refractivity contribution in [1.29, 1.82) is 0 Å². The van der Waals surface area contributed by atoms with Gasteiger partial charge in [0.15, 0.2) is 0 Å². The highest BCUT2D eigenvalue weighted by Gasteiger charge is 2.51. The maximum Gasteiger partial charge on any atom is 0.248 e. The second kappa shape index (κ2) is 9.78. The van der Waals surface area contributed by atoms with E-state index >= 15 is 0 Å². The minimum atomic E-state index is -0.448. The number of carbonyl (C=O) groups excluding carboxylic acids is 2. The van der Waals surface area contributed by atoms with Crippen molar-refractivity contribution in [2.24, 2.45) is 0 Å². The third kappa shape index (κ3) is 4.73. The summed E-state index contributed by atoms with van der Waals surface area (Å²) in [4.78, 5) is 27.0. The number of aryl methyl sites for hydroxylation is 1. The fraction of sp³-hybridized carbons (Fsp3) is 0.333. The Hall–Kier alpha value is -3.64. The molecule has 0 bridgehead atoms. The number of carbonyl (C=O) groups is 2. The van der Waals surface area contributed by atoms with Gasteiger partial charge >= 0.3 is 0 Å². The molecule has 5 rings (SSSR count). The SMILES string of the molecule is COCC(=O)N(C)Cc1ccc(-c2cc(NC(=O)C3(c4ccc5c(c4)CCO5)CC3)ccc2C)cc1. The van der Waals surface area contributed by atoms with Gasteiger partial charge in [0.05, 0.1) is 12.0 Å². The van der Waals surface area contributed by atoms with Gasteiger partial charge in [-0.15, -0.1) is 0 Å². The van der Waals surface area contributed by atoms with Gasteiger partial charge in [-0.2, -0.15) is 0 Å². The van der Waals surface area contributed by atoms with E-state index in [2.05, 4.69) is 30.4 Å². The number of fused-ring (bicyclic) bond motifs is 1. The third-order valence-corrected chi connectivity index (χ3v) is 7.30. The topological polar surface area (TPSA) is 67.9 Å². The summed E-state index contributed by atoms with van der Waals surface area (Å²) in [5.41, 5.74) is 6.95. The average Bonchev–Trinajstić information content (AvgIpc) is 3.56. The van der Waals surface area contributed by atoms with Crippen molar-refractivity contribution in [2.75, 3.05) is 32.7 Å². The second-order valence-electron chi connectivity index (χ2n) is 9.87. The summed E-state index contributed by atoms with van der Waals surface area (Å²) in [6.07, 6.45) is 2.63. The Balaban J connectivity index is 1.30. The minimum absolute atomic E-state index is 0.0512. The van der Waals surface area contributed by atoms with E-state index in [4.69, 9.17) is 9.47 Å². The number of ether oxygens (including phenoxy) is 2. The first-order chi connectivity index (χ1) is 17.4. The monoisotopic (exact) mass is 484 g/mol. The highest BCUT2D eigenvalue weighted by molar-refractivity contribution is 6.02. The van der Waals surface area contributed by atoms with Crippen molar-refractivity contribution in [1.82, 2.24) is 4.90 Å². The first-order valence-corrected chi connectivity index (χ1v) is 12.4. The summed E-state index contributed by atoms with van der Waals surface area (Å²) in [7, 11) is 3.29. The molecule has 3 aromatic carbocycles. The predicted molar refractivity (Wildman–Crippen MR) is 140 cm³/mol. The fourth-order valence-electron chi connectivity index (χ4n) is 4.90. The Morgan fingerprint density at radius 3 is 2.56 bits per heavy atom. The summed E-state index contributed by atoms with van der Waals surface area (Å²) >= 11 is 0. The lowest BCUT2D eigenvalue weighted by Gasteiger charge is -2.18. The number of amides is 2. The Morgan fingerprint density at radius 1 is 1.06 bits per heavy atom. The molecule has 0 spiro atoms.